The summed E-state index contributed by atoms with van der Waals surface area (Å²) in [5.41, 5.74) is 7.13. The minimum absolute atomic E-state index is 0. The summed E-state index contributed by atoms with van der Waals surface area (Å²) in [6.45, 7) is 3.29. The van der Waals surface area contributed by atoms with Crippen molar-refractivity contribution in [2.24, 2.45) is 11.7 Å². The molecule has 0 spiro atoms. The van der Waals surface area contributed by atoms with Gasteiger partial charge in [0.1, 0.15) is 0 Å². The molecule has 1 amide bonds. The predicted molar refractivity (Wildman–Crippen MR) is 89.6 cm³/mol. The number of benzene rings is 1. The lowest BCUT2D eigenvalue weighted by atomic mass is 9.95. The number of amides is 1. The van der Waals surface area contributed by atoms with Crippen molar-refractivity contribution in [1.29, 1.82) is 0 Å². The van der Waals surface area contributed by atoms with Crippen molar-refractivity contribution in [3.63, 3.8) is 0 Å². The molecule has 6 heteroatoms. The lowest BCUT2D eigenvalue weighted by molar-refractivity contribution is -0.125. The van der Waals surface area contributed by atoms with Crippen molar-refractivity contribution in [3.8, 4) is 0 Å². The SMILES string of the molecule is CC(C(=O)NCCCn1cccn1)C(N)c1ccccc1.Cl. The molecule has 1 aromatic heterocycles. The lowest BCUT2D eigenvalue weighted by Gasteiger charge is -2.19. The average molecular weight is 323 g/mol. The van der Waals surface area contributed by atoms with Crippen LogP contribution in [0.4, 0.5) is 0 Å². The molecule has 0 fully saturated rings. The van der Waals surface area contributed by atoms with Crippen LogP contribution < -0.4 is 11.1 Å². The van der Waals surface area contributed by atoms with Gasteiger partial charge in [-0.25, -0.2) is 0 Å². The first-order chi connectivity index (χ1) is 10.2. The molecule has 0 bridgehead atoms. The molecule has 0 radical (unpaired) electrons. The molecule has 5 nitrogen and oxygen atoms in total. The number of hydrogen-bond acceptors (Lipinski definition) is 3. The van der Waals surface area contributed by atoms with Crippen LogP contribution in [0.15, 0.2) is 48.8 Å². The van der Waals surface area contributed by atoms with Crippen molar-refractivity contribution in [2.75, 3.05) is 6.54 Å². The summed E-state index contributed by atoms with van der Waals surface area (Å²) in [6, 6.07) is 11.3. The van der Waals surface area contributed by atoms with Gasteiger partial charge in [-0.05, 0) is 18.1 Å². The zero-order chi connectivity index (χ0) is 15.1. The van der Waals surface area contributed by atoms with Crippen LogP contribution in [0.3, 0.4) is 0 Å². The number of nitrogens with zero attached hydrogens (tertiary/aromatic N) is 2. The van der Waals surface area contributed by atoms with Gasteiger partial charge >= 0.3 is 0 Å². The number of halogens is 1. The van der Waals surface area contributed by atoms with E-state index in [1.165, 1.54) is 0 Å². The van der Waals surface area contributed by atoms with Crippen molar-refractivity contribution < 1.29 is 4.79 Å². The highest BCUT2D eigenvalue weighted by Gasteiger charge is 2.21. The van der Waals surface area contributed by atoms with Gasteiger partial charge in [0.2, 0.25) is 5.91 Å². The number of carbonyl (C=O) groups excluding carboxylic acids is 1. The molecule has 2 unspecified atom stereocenters. The number of hydrogen-bond donors (Lipinski definition) is 2. The Morgan fingerprint density at radius 3 is 2.68 bits per heavy atom. The van der Waals surface area contributed by atoms with Gasteiger partial charge in [0, 0.05) is 31.5 Å². The maximum absolute atomic E-state index is 12.1. The van der Waals surface area contributed by atoms with Gasteiger partial charge in [-0.1, -0.05) is 37.3 Å². The Morgan fingerprint density at radius 1 is 1.32 bits per heavy atom. The number of rotatable bonds is 7. The molecule has 22 heavy (non-hydrogen) atoms. The fourth-order valence-corrected chi connectivity index (χ4v) is 2.17. The molecular weight excluding hydrogens is 300 g/mol. The van der Waals surface area contributed by atoms with Gasteiger partial charge in [-0.3, -0.25) is 9.48 Å². The minimum Gasteiger partial charge on any atom is -0.356 e. The van der Waals surface area contributed by atoms with Crippen molar-refractivity contribution >= 4 is 18.3 Å². The van der Waals surface area contributed by atoms with Crippen LogP contribution >= 0.6 is 12.4 Å². The highest BCUT2D eigenvalue weighted by molar-refractivity contribution is 5.85. The molecule has 3 N–H and O–H groups in total. The molecule has 1 heterocycles. The Labute approximate surface area is 137 Å². The third-order valence-electron chi connectivity index (χ3n) is 3.56. The van der Waals surface area contributed by atoms with E-state index in [1.54, 1.807) is 6.20 Å². The number of nitrogens with two attached hydrogens (primary N) is 1. The largest absolute Gasteiger partial charge is 0.356 e. The molecule has 1 aromatic carbocycles. The van der Waals surface area contributed by atoms with Crippen LogP contribution in [-0.2, 0) is 11.3 Å². The Bertz CT molecular complexity index is 545. The van der Waals surface area contributed by atoms with Crippen LogP contribution in [-0.4, -0.2) is 22.2 Å². The Morgan fingerprint density at radius 2 is 2.05 bits per heavy atom. The second-order valence-electron chi connectivity index (χ2n) is 5.14. The molecular formula is C16H23ClN4O. The van der Waals surface area contributed by atoms with Crippen molar-refractivity contribution in [1.82, 2.24) is 15.1 Å². The third kappa shape index (κ3) is 5.16. The first kappa shape index (κ1) is 18.2. The molecule has 2 atom stereocenters. The van der Waals surface area contributed by atoms with E-state index in [9.17, 15) is 4.79 Å². The van der Waals surface area contributed by atoms with Gasteiger partial charge in [0.15, 0.2) is 0 Å². The summed E-state index contributed by atoms with van der Waals surface area (Å²) in [7, 11) is 0. The van der Waals surface area contributed by atoms with E-state index in [2.05, 4.69) is 10.4 Å². The first-order valence-electron chi connectivity index (χ1n) is 7.24. The molecule has 0 aliphatic carbocycles. The van der Waals surface area contributed by atoms with E-state index < -0.39 is 0 Å². The molecule has 0 aliphatic heterocycles. The molecule has 0 saturated carbocycles. The van der Waals surface area contributed by atoms with E-state index in [1.807, 2.05) is 54.2 Å². The highest BCUT2D eigenvalue weighted by atomic mass is 35.5. The Hall–Kier alpha value is -1.85. The number of nitrogens with one attached hydrogen (secondary N) is 1. The zero-order valence-corrected chi connectivity index (χ0v) is 13.5. The highest BCUT2D eigenvalue weighted by Crippen LogP contribution is 2.18. The zero-order valence-electron chi connectivity index (χ0n) is 12.7. The smallest absolute Gasteiger partial charge is 0.224 e. The van der Waals surface area contributed by atoms with E-state index >= 15 is 0 Å². The maximum Gasteiger partial charge on any atom is 0.224 e. The van der Waals surface area contributed by atoms with Gasteiger partial charge in [0.05, 0.1) is 5.92 Å². The van der Waals surface area contributed by atoms with Crippen LogP contribution in [0.25, 0.3) is 0 Å². The summed E-state index contributed by atoms with van der Waals surface area (Å²) >= 11 is 0. The summed E-state index contributed by atoms with van der Waals surface area (Å²) in [5.74, 6) is -0.260. The number of carbonyl (C=O) groups is 1. The maximum atomic E-state index is 12.1. The molecule has 2 rings (SSSR count). The Balaban J connectivity index is 0.00000242. The summed E-state index contributed by atoms with van der Waals surface area (Å²) < 4.78 is 1.85. The quantitative estimate of drug-likeness (QED) is 0.767. The lowest BCUT2D eigenvalue weighted by Crippen LogP contribution is -2.36. The average Bonchev–Trinajstić information content (AvgIpc) is 3.04. The normalized spacial score (nSPS) is 13.0. The van der Waals surface area contributed by atoms with Crippen molar-refractivity contribution in [2.45, 2.75) is 25.9 Å². The predicted octanol–water partition coefficient (Wildman–Crippen LogP) is 2.15. The van der Waals surface area contributed by atoms with Gasteiger partial charge in [-0.2, -0.15) is 5.10 Å². The summed E-state index contributed by atoms with van der Waals surface area (Å²) in [6.07, 6.45) is 4.51. The van der Waals surface area contributed by atoms with E-state index in [4.69, 9.17) is 5.73 Å². The second kappa shape index (κ2) is 9.23. The molecule has 2 aromatic rings. The fourth-order valence-electron chi connectivity index (χ4n) is 2.17. The third-order valence-corrected chi connectivity index (χ3v) is 3.56. The van der Waals surface area contributed by atoms with Crippen LogP contribution in [0.1, 0.15) is 24.9 Å². The monoisotopic (exact) mass is 322 g/mol. The Kier molecular flexibility index (Phi) is 7.63. The molecule has 0 aliphatic rings. The van der Waals surface area contributed by atoms with Crippen molar-refractivity contribution in [3.05, 3.63) is 54.4 Å². The minimum atomic E-state index is -0.280. The standard InChI is InChI=1S/C16H22N4O.ClH/c1-13(15(17)14-7-3-2-4-8-14)16(21)18-9-5-11-20-12-6-10-19-20;/h2-4,6-8,10,12-13,15H,5,9,11,17H2,1H3,(H,18,21);1H. The van der Waals surface area contributed by atoms with E-state index in [0.29, 0.717) is 6.54 Å². The van der Waals surface area contributed by atoms with Gasteiger partial charge in [0.25, 0.3) is 0 Å². The number of aromatic nitrogens is 2. The summed E-state index contributed by atoms with van der Waals surface area (Å²) in [5, 5.41) is 7.06. The molecule has 120 valence electrons. The van der Waals surface area contributed by atoms with Crippen LogP contribution in [0, 0.1) is 5.92 Å². The second-order valence-corrected chi connectivity index (χ2v) is 5.14. The number of aryl methyl sites for hydroxylation is 1. The van der Waals surface area contributed by atoms with E-state index in [0.717, 1.165) is 18.5 Å². The van der Waals surface area contributed by atoms with Crippen LogP contribution in [0.2, 0.25) is 0 Å². The first-order valence-corrected chi connectivity index (χ1v) is 7.24. The van der Waals surface area contributed by atoms with E-state index in [-0.39, 0.29) is 30.3 Å². The van der Waals surface area contributed by atoms with Crippen LogP contribution in [0.5, 0.6) is 0 Å². The fraction of sp³-hybridized carbons (Fsp3) is 0.375. The topological polar surface area (TPSA) is 72.9 Å². The van der Waals surface area contributed by atoms with Gasteiger partial charge < -0.3 is 11.1 Å². The molecule has 0 saturated heterocycles. The van der Waals surface area contributed by atoms with Gasteiger partial charge in [-0.15, -0.1) is 12.4 Å². The summed E-state index contributed by atoms with van der Waals surface area (Å²) in [4.78, 5) is 12.1.